The molecule has 3 aromatic rings. The fourth-order valence-electron chi connectivity index (χ4n) is 2.80. The Kier molecular flexibility index (Phi) is 7.99. The first-order chi connectivity index (χ1) is 15.0. The molecule has 0 bridgehead atoms. The largest absolute Gasteiger partial charge is 0.494 e. The van der Waals surface area contributed by atoms with Crippen LogP contribution in [0.25, 0.3) is 17.3 Å². The van der Waals surface area contributed by atoms with Crippen molar-refractivity contribution in [1.29, 1.82) is 5.26 Å². The highest BCUT2D eigenvalue weighted by Gasteiger charge is 2.15. The Morgan fingerprint density at radius 3 is 2.58 bits per heavy atom. The number of carbonyl (C=O) groups excluding carboxylic acids is 1. The van der Waals surface area contributed by atoms with E-state index in [4.69, 9.17) is 4.74 Å². The Bertz CT molecular complexity index is 1110. The van der Waals surface area contributed by atoms with Crippen LogP contribution < -0.4 is 10.1 Å². The number of nitrogens with one attached hydrogen (secondary N) is 1. The van der Waals surface area contributed by atoms with E-state index in [1.165, 1.54) is 11.3 Å². The molecular weight excluding hydrogens is 474 g/mol. The zero-order valence-corrected chi connectivity index (χ0v) is 19.7. The highest BCUT2D eigenvalue weighted by molar-refractivity contribution is 9.10. The molecule has 0 saturated carbocycles. The lowest BCUT2D eigenvalue weighted by atomic mass is 10.1. The number of halogens is 1. The maximum atomic E-state index is 12.6. The average molecular weight is 496 g/mol. The summed E-state index contributed by atoms with van der Waals surface area (Å²) in [6, 6.07) is 17.1. The van der Waals surface area contributed by atoms with E-state index in [1.54, 1.807) is 6.08 Å². The van der Waals surface area contributed by atoms with Crippen molar-refractivity contribution in [3.05, 3.63) is 69.0 Å². The van der Waals surface area contributed by atoms with Gasteiger partial charge < -0.3 is 4.74 Å². The lowest BCUT2D eigenvalue weighted by Gasteiger charge is -2.05. The highest BCUT2D eigenvalue weighted by atomic mass is 79.9. The van der Waals surface area contributed by atoms with Gasteiger partial charge in [0.25, 0.3) is 5.91 Å². The van der Waals surface area contributed by atoms with E-state index in [0.717, 1.165) is 44.8 Å². The van der Waals surface area contributed by atoms with E-state index in [1.807, 2.05) is 61.5 Å². The molecule has 1 heterocycles. The molecule has 1 amide bonds. The predicted molar refractivity (Wildman–Crippen MR) is 129 cm³/mol. The molecule has 1 aromatic heterocycles. The van der Waals surface area contributed by atoms with E-state index >= 15 is 0 Å². The molecule has 3 rings (SSSR count). The third kappa shape index (κ3) is 6.27. The number of rotatable bonds is 8. The van der Waals surface area contributed by atoms with Crippen molar-refractivity contribution in [1.82, 2.24) is 4.98 Å². The Morgan fingerprint density at radius 1 is 1.23 bits per heavy atom. The summed E-state index contributed by atoms with van der Waals surface area (Å²) < 4.78 is 6.63. The molecule has 0 fully saturated rings. The van der Waals surface area contributed by atoms with Crippen molar-refractivity contribution in [2.45, 2.75) is 26.7 Å². The number of nitrogens with zero attached hydrogens (tertiary/aromatic N) is 2. The number of ether oxygens (including phenoxy) is 1. The quantitative estimate of drug-likeness (QED) is 0.217. The summed E-state index contributed by atoms with van der Waals surface area (Å²) in [4.78, 5) is 18.1. The normalized spacial score (nSPS) is 11.1. The Labute approximate surface area is 194 Å². The van der Waals surface area contributed by atoms with Crippen LogP contribution in [-0.2, 0) is 4.79 Å². The topological polar surface area (TPSA) is 75.0 Å². The van der Waals surface area contributed by atoms with Gasteiger partial charge in [-0.15, -0.1) is 11.3 Å². The maximum Gasteiger partial charge on any atom is 0.268 e. The van der Waals surface area contributed by atoms with Crippen LogP contribution in [0, 0.1) is 18.3 Å². The van der Waals surface area contributed by atoms with Crippen LogP contribution in [0.4, 0.5) is 5.13 Å². The van der Waals surface area contributed by atoms with Crippen molar-refractivity contribution in [3.8, 4) is 23.1 Å². The van der Waals surface area contributed by atoms with Crippen molar-refractivity contribution < 1.29 is 9.53 Å². The summed E-state index contributed by atoms with van der Waals surface area (Å²) in [6.45, 7) is 4.74. The summed E-state index contributed by atoms with van der Waals surface area (Å²) >= 11 is 4.80. The minimum Gasteiger partial charge on any atom is -0.494 e. The monoisotopic (exact) mass is 495 g/mol. The standard InChI is InChI=1S/C24H22BrN3O2S/c1-3-4-13-30-21-11-5-17(6-12-21)14-19(15-26)23(29)28-24-27-22(16(2)31-24)18-7-9-20(25)10-8-18/h5-12,14H,3-4,13H2,1-2H3,(H,27,28,29)/b19-14+. The highest BCUT2D eigenvalue weighted by Crippen LogP contribution is 2.31. The Morgan fingerprint density at radius 2 is 1.94 bits per heavy atom. The van der Waals surface area contributed by atoms with Gasteiger partial charge in [-0.3, -0.25) is 10.1 Å². The molecule has 0 radical (unpaired) electrons. The molecule has 0 aliphatic heterocycles. The number of hydrogen-bond donors (Lipinski definition) is 1. The summed E-state index contributed by atoms with van der Waals surface area (Å²) in [6.07, 6.45) is 3.63. The van der Waals surface area contributed by atoms with Crippen LogP contribution in [0.3, 0.4) is 0 Å². The molecule has 0 spiro atoms. The Hall–Kier alpha value is -2.95. The summed E-state index contributed by atoms with van der Waals surface area (Å²) in [7, 11) is 0. The maximum absolute atomic E-state index is 12.6. The summed E-state index contributed by atoms with van der Waals surface area (Å²) in [5.74, 6) is 0.286. The third-order valence-corrected chi connectivity index (χ3v) is 5.87. The van der Waals surface area contributed by atoms with Crippen molar-refractivity contribution in [2.24, 2.45) is 0 Å². The van der Waals surface area contributed by atoms with Gasteiger partial charge >= 0.3 is 0 Å². The van der Waals surface area contributed by atoms with Gasteiger partial charge in [-0.2, -0.15) is 5.26 Å². The number of aryl methyl sites for hydroxylation is 1. The zero-order chi connectivity index (χ0) is 22.2. The van der Waals surface area contributed by atoms with Gasteiger partial charge in [0.05, 0.1) is 12.3 Å². The number of unbranched alkanes of at least 4 members (excludes halogenated alkanes) is 1. The molecule has 0 saturated heterocycles. The first-order valence-corrected chi connectivity index (χ1v) is 11.5. The van der Waals surface area contributed by atoms with Crippen molar-refractivity contribution in [3.63, 3.8) is 0 Å². The number of anilines is 1. The zero-order valence-electron chi connectivity index (χ0n) is 17.3. The van der Waals surface area contributed by atoms with Gasteiger partial charge in [-0.1, -0.05) is 53.5 Å². The first kappa shape index (κ1) is 22.7. The van der Waals surface area contributed by atoms with E-state index in [9.17, 15) is 10.1 Å². The molecule has 1 N–H and O–H groups in total. The summed E-state index contributed by atoms with van der Waals surface area (Å²) in [5.41, 5.74) is 2.54. The number of nitriles is 1. The summed E-state index contributed by atoms with van der Waals surface area (Å²) in [5, 5.41) is 12.7. The number of benzene rings is 2. The number of aromatic nitrogens is 1. The minimum absolute atomic E-state index is 0.0118. The number of thiazole rings is 1. The van der Waals surface area contributed by atoms with Gasteiger partial charge in [-0.25, -0.2) is 4.98 Å². The second kappa shape index (κ2) is 10.9. The molecule has 158 valence electrons. The molecule has 0 unspecified atom stereocenters. The Balaban J connectivity index is 1.70. The SMILES string of the molecule is CCCCOc1ccc(/C=C(\C#N)C(=O)Nc2nc(-c3ccc(Br)cc3)c(C)s2)cc1. The van der Waals surface area contributed by atoms with Gasteiger partial charge in [0.15, 0.2) is 5.13 Å². The fraction of sp³-hybridized carbons (Fsp3) is 0.208. The van der Waals surface area contributed by atoms with E-state index in [2.05, 4.69) is 33.2 Å². The van der Waals surface area contributed by atoms with Gasteiger partial charge in [-0.05, 0) is 49.2 Å². The first-order valence-electron chi connectivity index (χ1n) is 9.89. The van der Waals surface area contributed by atoms with Crippen LogP contribution in [0.15, 0.2) is 58.6 Å². The number of amides is 1. The van der Waals surface area contributed by atoms with E-state index in [0.29, 0.717) is 11.7 Å². The second-order valence-electron chi connectivity index (χ2n) is 6.83. The molecule has 5 nitrogen and oxygen atoms in total. The fourth-order valence-corrected chi connectivity index (χ4v) is 3.90. The third-order valence-electron chi connectivity index (χ3n) is 4.46. The van der Waals surface area contributed by atoms with Crippen LogP contribution in [-0.4, -0.2) is 17.5 Å². The van der Waals surface area contributed by atoms with Crippen LogP contribution in [0.2, 0.25) is 0 Å². The number of hydrogen-bond acceptors (Lipinski definition) is 5. The second-order valence-corrected chi connectivity index (χ2v) is 8.94. The smallest absolute Gasteiger partial charge is 0.268 e. The molecular formula is C24H22BrN3O2S. The minimum atomic E-state index is -0.484. The predicted octanol–water partition coefficient (Wildman–Crippen LogP) is 6.61. The van der Waals surface area contributed by atoms with Crippen LogP contribution in [0.1, 0.15) is 30.2 Å². The van der Waals surface area contributed by atoms with Gasteiger partial charge in [0.2, 0.25) is 0 Å². The van der Waals surface area contributed by atoms with Crippen LogP contribution in [0.5, 0.6) is 5.75 Å². The van der Waals surface area contributed by atoms with Crippen LogP contribution >= 0.6 is 27.3 Å². The van der Waals surface area contributed by atoms with Gasteiger partial charge in [0, 0.05) is 14.9 Å². The average Bonchev–Trinajstić information content (AvgIpc) is 3.13. The number of carbonyl (C=O) groups is 1. The molecule has 2 aromatic carbocycles. The lowest BCUT2D eigenvalue weighted by molar-refractivity contribution is -0.112. The molecule has 0 aliphatic carbocycles. The molecule has 0 aliphatic rings. The van der Waals surface area contributed by atoms with Crippen molar-refractivity contribution in [2.75, 3.05) is 11.9 Å². The molecule has 0 atom stereocenters. The van der Waals surface area contributed by atoms with Crippen molar-refractivity contribution >= 4 is 44.4 Å². The van der Waals surface area contributed by atoms with Gasteiger partial charge in [0.1, 0.15) is 17.4 Å². The molecule has 7 heteroatoms. The van der Waals surface area contributed by atoms with E-state index in [-0.39, 0.29) is 5.57 Å². The lowest BCUT2D eigenvalue weighted by Crippen LogP contribution is -2.13. The van der Waals surface area contributed by atoms with E-state index < -0.39 is 5.91 Å². The molecule has 31 heavy (non-hydrogen) atoms.